The average Bonchev–Trinajstić information content (AvgIpc) is 2.35. The topological polar surface area (TPSA) is 85.4 Å². The number of anilines is 1. The predicted octanol–water partition coefficient (Wildman–Crippen LogP) is 1.49. The monoisotopic (exact) mass is 300 g/mol. The van der Waals surface area contributed by atoms with Crippen molar-refractivity contribution in [3.05, 3.63) is 23.9 Å². The van der Waals surface area contributed by atoms with E-state index in [2.05, 4.69) is 10.3 Å². The molecule has 0 aliphatic rings. The van der Waals surface area contributed by atoms with Gasteiger partial charge < -0.3 is 10.1 Å². The van der Waals surface area contributed by atoms with E-state index in [9.17, 15) is 13.2 Å². The van der Waals surface area contributed by atoms with E-state index in [0.29, 0.717) is 11.4 Å². The van der Waals surface area contributed by atoms with Gasteiger partial charge in [-0.25, -0.2) is 18.2 Å². The van der Waals surface area contributed by atoms with Crippen LogP contribution in [0.5, 0.6) is 0 Å². The lowest BCUT2D eigenvalue weighted by Crippen LogP contribution is -2.38. The zero-order valence-electron chi connectivity index (χ0n) is 12.1. The number of carbonyl (C=O) groups excluding carboxylic acids is 1. The van der Waals surface area contributed by atoms with Gasteiger partial charge in [0, 0.05) is 19.0 Å². The Hall–Kier alpha value is -1.63. The number of rotatable bonds is 6. The molecule has 0 fully saturated rings. The Morgan fingerprint density at radius 2 is 2.10 bits per heavy atom. The van der Waals surface area contributed by atoms with Crippen LogP contribution in [0.15, 0.2) is 18.3 Å². The summed E-state index contributed by atoms with van der Waals surface area (Å²) < 4.78 is 27.3. The number of pyridine rings is 1. The lowest BCUT2D eigenvalue weighted by molar-refractivity contribution is 0.0527. The van der Waals surface area contributed by atoms with Gasteiger partial charge in [-0.3, -0.25) is 0 Å². The van der Waals surface area contributed by atoms with E-state index in [0.717, 1.165) is 0 Å². The van der Waals surface area contributed by atoms with Gasteiger partial charge >= 0.3 is 5.97 Å². The number of nitrogens with zero attached hydrogens (tertiary/aromatic N) is 1. The van der Waals surface area contributed by atoms with Crippen molar-refractivity contribution in [1.82, 2.24) is 4.98 Å². The van der Waals surface area contributed by atoms with Crippen LogP contribution in [-0.4, -0.2) is 43.5 Å². The third-order valence-corrected chi connectivity index (χ3v) is 5.14. The highest BCUT2D eigenvalue weighted by Gasteiger charge is 2.30. The molecule has 0 saturated heterocycles. The fraction of sp³-hybridized carbons (Fsp3) is 0.538. The fourth-order valence-corrected chi connectivity index (χ4v) is 1.68. The van der Waals surface area contributed by atoms with Crippen LogP contribution >= 0.6 is 0 Å². The molecule has 1 aromatic heterocycles. The maximum atomic E-state index is 11.8. The second-order valence-corrected chi connectivity index (χ2v) is 7.65. The first-order valence-electron chi connectivity index (χ1n) is 6.24. The van der Waals surface area contributed by atoms with Crippen molar-refractivity contribution in [2.45, 2.75) is 25.5 Å². The number of carbonyl (C=O) groups is 1. The van der Waals surface area contributed by atoms with Gasteiger partial charge in [0.25, 0.3) is 0 Å². The zero-order chi connectivity index (χ0) is 15.4. The van der Waals surface area contributed by atoms with Crippen molar-refractivity contribution in [3.8, 4) is 0 Å². The summed E-state index contributed by atoms with van der Waals surface area (Å²) in [4.78, 5) is 15.8. The lowest BCUT2D eigenvalue weighted by Gasteiger charge is -2.23. The van der Waals surface area contributed by atoms with Crippen LogP contribution in [0, 0.1) is 0 Å². The average molecular weight is 300 g/mol. The quantitative estimate of drug-likeness (QED) is 0.801. The smallest absolute Gasteiger partial charge is 0.341 e. The summed E-state index contributed by atoms with van der Waals surface area (Å²) in [6.07, 6.45) is 2.71. The summed E-state index contributed by atoms with van der Waals surface area (Å²) >= 11 is 0. The molecule has 0 radical (unpaired) electrons. The first-order valence-corrected chi connectivity index (χ1v) is 8.14. The Bertz CT molecular complexity index is 582. The Morgan fingerprint density at radius 1 is 1.45 bits per heavy atom. The Balaban J connectivity index is 2.92. The molecule has 1 aromatic rings. The first-order chi connectivity index (χ1) is 9.19. The van der Waals surface area contributed by atoms with Crippen LogP contribution in [0.4, 0.5) is 5.82 Å². The highest BCUT2D eigenvalue weighted by molar-refractivity contribution is 7.92. The van der Waals surface area contributed by atoms with Gasteiger partial charge in [0.05, 0.1) is 11.4 Å². The van der Waals surface area contributed by atoms with Gasteiger partial charge in [0.1, 0.15) is 11.4 Å². The molecule has 0 aliphatic heterocycles. The Labute approximate surface area is 119 Å². The second-order valence-electron chi connectivity index (χ2n) is 5.01. The molecule has 1 N–H and O–H groups in total. The summed E-state index contributed by atoms with van der Waals surface area (Å²) in [5.74, 6) is -0.164. The van der Waals surface area contributed by atoms with Crippen LogP contribution in [0.2, 0.25) is 0 Å². The van der Waals surface area contributed by atoms with E-state index in [-0.39, 0.29) is 13.2 Å². The predicted molar refractivity (Wildman–Crippen MR) is 77.6 cm³/mol. The number of esters is 1. The summed E-state index contributed by atoms with van der Waals surface area (Å²) in [5.41, 5.74) is 0.290. The molecule has 7 heteroatoms. The first kappa shape index (κ1) is 16.4. The minimum absolute atomic E-state index is 0.148. The minimum atomic E-state index is -3.22. The highest BCUT2D eigenvalue weighted by Crippen LogP contribution is 2.18. The third kappa shape index (κ3) is 3.93. The molecular weight excluding hydrogens is 280 g/mol. The van der Waals surface area contributed by atoms with Crippen molar-refractivity contribution in [1.29, 1.82) is 0 Å². The largest absolute Gasteiger partial charge is 0.462 e. The minimum Gasteiger partial charge on any atom is -0.462 e. The van der Waals surface area contributed by atoms with Crippen LogP contribution in [-0.2, 0) is 14.6 Å². The summed E-state index contributed by atoms with van der Waals surface area (Å²) in [7, 11) is -3.22. The zero-order valence-corrected chi connectivity index (χ0v) is 13.0. The van der Waals surface area contributed by atoms with Crippen LogP contribution in [0.3, 0.4) is 0 Å². The van der Waals surface area contributed by atoms with Crippen molar-refractivity contribution in [2.24, 2.45) is 0 Å². The molecule has 0 atom stereocenters. The van der Waals surface area contributed by atoms with Gasteiger partial charge in [-0.2, -0.15) is 0 Å². The summed E-state index contributed by atoms with van der Waals surface area (Å²) in [6, 6.07) is 3.21. The molecule has 0 aromatic carbocycles. The number of aromatic nitrogens is 1. The molecule has 0 unspecified atom stereocenters. The van der Waals surface area contributed by atoms with Gasteiger partial charge in [-0.15, -0.1) is 0 Å². The Kier molecular flexibility index (Phi) is 5.10. The van der Waals surface area contributed by atoms with Crippen LogP contribution < -0.4 is 5.32 Å². The maximum absolute atomic E-state index is 11.8. The number of hydrogen-bond acceptors (Lipinski definition) is 6. The lowest BCUT2D eigenvalue weighted by atomic mass is 10.2. The van der Waals surface area contributed by atoms with E-state index in [1.54, 1.807) is 32.9 Å². The van der Waals surface area contributed by atoms with Crippen molar-refractivity contribution in [2.75, 3.05) is 24.7 Å². The fourth-order valence-electron chi connectivity index (χ4n) is 1.35. The van der Waals surface area contributed by atoms with E-state index in [4.69, 9.17) is 4.74 Å². The molecule has 20 heavy (non-hydrogen) atoms. The molecule has 0 saturated carbocycles. The number of sulfone groups is 1. The van der Waals surface area contributed by atoms with Crippen molar-refractivity contribution >= 4 is 21.6 Å². The molecule has 1 rings (SSSR count). The molecule has 0 bridgehead atoms. The third-order valence-electron chi connectivity index (χ3n) is 2.99. The summed E-state index contributed by atoms with van der Waals surface area (Å²) in [5, 5.41) is 2.91. The highest BCUT2D eigenvalue weighted by atomic mass is 32.2. The van der Waals surface area contributed by atoms with Crippen LogP contribution in [0.1, 0.15) is 31.1 Å². The van der Waals surface area contributed by atoms with E-state index in [1.165, 1.54) is 12.5 Å². The van der Waals surface area contributed by atoms with Crippen molar-refractivity contribution in [3.63, 3.8) is 0 Å². The van der Waals surface area contributed by atoms with Gasteiger partial charge in [-0.1, -0.05) is 0 Å². The van der Waals surface area contributed by atoms with E-state index < -0.39 is 20.6 Å². The molecule has 0 amide bonds. The van der Waals surface area contributed by atoms with E-state index >= 15 is 0 Å². The number of ether oxygens (including phenoxy) is 1. The maximum Gasteiger partial charge on any atom is 0.341 e. The normalized spacial score (nSPS) is 12.0. The molecule has 6 nitrogen and oxygen atoms in total. The second kappa shape index (κ2) is 6.21. The van der Waals surface area contributed by atoms with Gasteiger partial charge in [0.2, 0.25) is 0 Å². The van der Waals surface area contributed by atoms with E-state index in [1.807, 2.05) is 0 Å². The van der Waals surface area contributed by atoms with Gasteiger partial charge in [0.15, 0.2) is 9.84 Å². The number of hydrogen-bond donors (Lipinski definition) is 1. The Morgan fingerprint density at radius 3 is 2.65 bits per heavy atom. The molecule has 0 aliphatic carbocycles. The standard InChI is InChI=1S/C13H20N2O4S/c1-5-19-12(16)10-7-6-8-14-11(10)15-9-13(2,3)20(4,17)18/h6-8H,5,9H2,1-4H3,(H,14,15). The molecule has 0 spiro atoms. The molecular formula is C13H20N2O4S. The number of nitrogens with one attached hydrogen (secondary N) is 1. The SMILES string of the molecule is CCOC(=O)c1cccnc1NCC(C)(C)S(C)(=O)=O. The molecule has 112 valence electrons. The van der Waals surface area contributed by atoms with Crippen LogP contribution in [0.25, 0.3) is 0 Å². The summed E-state index contributed by atoms with van der Waals surface area (Å²) in [6.45, 7) is 5.36. The van der Waals surface area contributed by atoms with Crippen molar-refractivity contribution < 1.29 is 17.9 Å². The van der Waals surface area contributed by atoms with Gasteiger partial charge in [-0.05, 0) is 32.9 Å². The molecule has 1 heterocycles.